The van der Waals surface area contributed by atoms with Crippen molar-refractivity contribution in [1.29, 1.82) is 0 Å². The van der Waals surface area contributed by atoms with E-state index in [0.29, 0.717) is 13.1 Å². The Hall–Kier alpha value is -2.91. The summed E-state index contributed by atoms with van der Waals surface area (Å²) in [6.45, 7) is 0.638. The van der Waals surface area contributed by atoms with E-state index in [-0.39, 0.29) is 42.5 Å². The third-order valence-corrected chi connectivity index (χ3v) is 5.98. The highest BCUT2D eigenvalue weighted by Gasteiger charge is 2.42. The van der Waals surface area contributed by atoms with Crippen molar-refractivity contribution in [1.82, 2.24) is 20.4 Å². The molecule has 3 rings (SSSR count). The molecule has 4 atom stereocenters. The maximum atomic E-state index is 12.9. The lowest BCUT2D eigenvalue weighted by Crippen LogP contribution is -2.43. The van der Waals surface area contributed by atoms with Gasteiger partial charge in [0.1, 0.15) is 17.3 Å². The largest absolute Gasteiger partial charge is 0.468 e. The van der Waals surface area contributed by atoms with Gasteiger partial charge in [-0.05, 0) is 52.5 Å². The molecule has 2 heterocycles. The molecule has 2 N–H and O–H groups in total. The zero-order chi connectivity index (χ0) is 23.3. The second-order valence-electron chi connectivity index (χ2n) is 8.64. The van der Waals surface area contributed by atoms with Gasteiger partial charge in [-0.25, -0.2) is 0 Å². The molecule has 1 fully saturated rings. The van der Waals surface area contributed by atoms with Crippen molar-refractivity contribution in [3.05, 3.63) is 48.3 Å². The maximum absolute atomic E-state index is 12.9. The molecule has 0 bridgehead atoms. The molecule has 1 aliphatic carbocycles. The molecule has 9 nitrogen and oxygen atoms in total. The fraction of sp³-hybridized carbons (Fsp3) is 0.522. The maximum Gasteiger partial charge on any atom is 0.224 e. The predicted molar refractivity (Wildman–Crippen MR) is 118 cm³/mol. The van der Waals surface area contributed by atoms with Gasteiger partial charge in [0.25, 0.3) is 0 Å². The number of carbonyl (C=O) groups excluding carboxylic acids is 3. The van der Waals surface area contributed by atoms with Gasteiger partial charge in [-0.3, -0.25) is 24.2 Å². The highest BCUT2D eigenvalue weighted by molar-refractivity contribution is 5.98. The van der Waals surface area contributed by atoms with Crippen LogP contribution in [0.2, 0.25) is 0 Å². The zero-order valence-electron chi connectivity index (χ0n) is 19.0. The minimum absolute atomic E-state index is 0.0734. The van der Waals surface area contributed by atoms with Crippen LogP contribution in [-0.4, -0.2) is 68.7 Å². The van der Waals surface area contributed by atoms with E-state index in [1.54, 1.807) is 24.7 Å². The van der Waals surface area contributed by atoms with Gasteiger partial charge < -0.3 is 19.5 Å². The van der Waals surface area contributed by atoms with E-state index >= 15 is 0 Å². The Balaban J connectivity index is 1.60. The smallest absolute Gasteiger partial charge is 0.224 e. The van der Waals surface area contributed by atoms with Crippen LogP contribution in [0.5, 0.6) is 0 Å². The Bertz CT molecular complexity index is 819. The van der Waals surface area contributed by atoms with E-state index in [9.17, 15) is 14.4 Å². The summed E-state index contributed by atoms with van der Waals surface area (Å²) in [5, 5.41) is 5.82. The Kier molecular flexibility index (Phi) is 7.87. The summed E-state index contributed by atoms with van der Waals surface area (Å²) in [6.07, 6.45) is 3.33. The first-order chi connectivity index (χ1) is 15.3. The molecule has 0 spiro atoms. The van der Waals surface area contributed by atoms with Gasteiger partial charge in [-0.1, -0.05) is 0 Å². The average molecular weight is 445 g/mol. The van der Waals surface area contributed by atoms with Crippen molar-refractivity contribution in [3.8, 4) is 0 Å². The first-order valence-electron chi connectivity index (χ1n) is 10.7. The molecular formula is C23H32N4O5. The minimum atomic E-state index is -0.677. The summed E-state index contributed by atoms with van der Waals surface area (Å²) in [7, 11) is 7.59. The van der Waals surface area contributed by atoms with Crippen molar-refractivity contribution in [3.63, 3.8) is 0 Å². The first kappa shape index (κ1) is 23.7. The fourth-order valence-corrected chi connectivity index (χ4v) is 4.10. The second kappa shape index (κ2) is 10.6. The van der Waals surface area contributed by atoms with Gasteiger partial charge in [0.2, 0.25) is 11.8 Å². The summed E-state index contributed by atoms with van der Waals surface area (Å²) < 4.78 is 10.9. The minimum Gasteiger partial charge on any atom is -0.468 e. The molecule has 0 radical (unpaired) electrons. The van der Waals surface area contributed by atoms with Gasteiger partial charge in [0.15, 0.2) is 0 Å². The number of nitrogens with one attached hydrogen (secondary N) is 2. The van der Waals surface area contributed by atoms with Crippen LogP contribution in [0, 0.1) is 11.8 Å². The van der Waals surface area contributed by atoms with E-state index in [0.717, 1.165) is 11.5 Å². The van der Waals surface area contributed by atoms with Crippen molar-refractivity contribution in [2.24, 2.45) is 11.8 Å². The van der Waals surface area contributed by atoms with Gasteiger partial charge in [0, 0.05) is 25.9 Å². The van der Waals surface area contributed by atoms with E-state index in [4.69, 9.17) is 8.83 Å². The number of amides is 2. The molecule has 9 heteroatoms. The molecule has 0 aliphatic heterocycles. The molecule has 1 aliphatic rings. The highest BCUT2D eigenvalue weighted by Crippen LogP contribution is 2.30. The molecule has 174 valence electrons. The van der Waals surface area contributed by atoms with E-state index in [2.05, 4.69) is 10.6 Å². The quantitative estimate of drug-likeness (QED) is 0.573. The van der Waals surface area contributed by atoms with Crippen molar-refractivity contribution < 1.29 is 23.2 Å². The number of furan rings is 2. The van der Waals surface area contributed by atoms with Crippen molar-refractivity contribution >= 4 is 17.6 Å². The normalized spacial score (nSPS) is 20.5. The Morgan fingerprint density at radius 1 is 0.875 bits per heavy atom. The van der Waals surface area contributed by atoms with Crippen LogP contribution >= 0.6 is 0 Å². The van der Waals surface area contributed by atoms with Crippen molar-refractivity contribution in [2.45, 2.75) is 24.9 Å². The summed E-state index contributed by atoms with van der Waals surface area (Å²) in [4.78, 5) is 41.9. The first-order valence-corrected chi connectivity index (χ1v) is 10.7. The van der Waals surface area contributed by atoms with Crippen LogP contribution in [0.15, 0.2) is 45.6 Å². The molecule has 2 aromatic heterocycles. The highest BCUT2D eigenvalue weighted by atomic mass is 16.3. The second-order valence-corrected chi connectivity index (χ2v) is 8.64. The number of hydrogen-bond donors (Lipinski definition) is 2. The van der Waals surface area contributed by atoms with Crippen LogP contribution in [0.4, 0.5) is 0 Å². The molecule has 1 saturated carbocycles. The third kappa shape index (κ3) is 5.66. The average Bonchev–Trinajstić information content (AvgIpc) is 3.49. The number of ketones is 1. The van der Waals surface area contributed by atoms with Gasteiger partial charge in [0.05, 0.1) is 36.4 Å². The van der Waals surface area contributed by atoms with Gasteiger partial charge in [-0.15, -0.1) is 0 Å². The predicted octanol–water partition coefficient (Wildman–Crippen LogP) is 1.61. The van der Waals surface area contributed by atoms with Crippen molar-refractivity contribution in [2.75, 3.05) is 41.3 Å². The number of nitrogens with zero attached hydrogens (tertiary/aromatic N) is 2. The van der Waals surface area contributed by atoms with E-state index in [1.807, 2.05) is 50.1 Å². The lowest BCUT2D eigenvalue weighted by atomic mass is 9.94. The lowest BCUT2D eigenvalue weighted by Gasteiger charge is -2.25. The molecule has 0 aromatic carbocycles. The van der Waals surface area contributed by atoms with Gasteiger partial charge in [-0.2, -0.15) is 0 Å². The van der Waals surface area contributed by atoms with E-state index < -0.39 is 11.8 Å². The SMILES string of the molecule is CN(C)[C@H](CNC(=O)[C@@H]1CC(=O)C[C@@H]1C(=O)NC[C@@H](c1ccco1)N(C)C)c1ccco1. The number of carbonyl (C=O) groups is 3. The molecule has 0 unspecified atom stereocenters. The summed E-state index contributed by atoms with van der Waals surface area (Å²) in [5.74, 6) is -0.531. The molecule has 2 amide bonds. The number of likely N-dealkylation sites (N-methyl/N-ethyl adjacent to an activating group) is 2. The molecule has 2 aromatic rings. The molecule has 32 heavy (non-hydrogen) atoms. The Morgan fingerprint density at radius 3 is 1.59 bits per heavy atom. The number of rotatable bonds is 10. The summed E-state index contributed by atoms with van der Waals surface area (Å²) >= 11 is 0. The van der Waals surface area contributed by atoms with E-state index in [1.165, 1.54) is 0 Å². The molecular weight excluding hydrogens is 412 g/mol. The number of Topliss-reactive ketones (excluding diaryl/α,β-unsaturated/α-hetero) is 1. The Labute approximate surface area is 188 Å². The molecule has 0 saturated heterocycles. The van der Waals surface area contributed by atoms with Crippen LogP contribution in [0.3, 0.4) is 0 Å². The van der Waals surface area contributed by atoms with Crippen LogP contribution in [-0.2, 0) is 14.4 Å². The van der Waals surface area contributed by atoms with Crippen LogP contribution < -0.4 is 10.6 Å². The Morgan fingerprint density at radius 2 is 1.28 bits per heavy atom. The third-order valence-electron chi connectivity index (χ3n) is 5.98. The van der Waals surface area contributed by atoms with Gasteiger partial charge >= 0.3 is 0 Å². The standard InChI is InChI=1S/C23H32N4O5/c1-26(2)18(20-7-5-9-31-20)13-24-22(29)16-11-15(28)12-17(16)23(30)25-14-19(27(3)4)21-8-6-10-32-21/h5-10,16-19H,11-14H2,1-4H3,(H,24,29)(H,25,30)/t16-,17+,18-,19+. The monoisotopic (exact) mass is 444 g/mol. The lowest BCUT2D eigenvalue weighted by molar-refractivity contribution is -0.133. The summed E-state index contributed by atoms with van der Waals surface area (Å²) in [5.41, 5.74) is 0. The van der Waals surface area contributed by atoms with Crippen LogP contribution in [0.25, 0.3) is 0 Å². The summed E-state index contributed by atoms with van der Waals surface area (Å²) in [6, 6.07) is 7.01. The topological polar surface area (TPSA) is 108 Å². The van der Waals surface area contributed by atoms with Crippen LogP contribution in [0.1, 0.15) is 36.4 Å². The number of hydrogen-bond acceptors (Lipinski definition) is 7. The fourth-order valence-electron chi connectivity index (χ4n) is 4.10. The zero-order valence-corrected chi connectivity index (χ0v) is 19.0.